The van der Waals surface area contributed by atoms with Crippen molar-refractivity contribution >= 4 is 5.91 Å². The van der Waals surface area contributed by atoms with Crippen LogP contribution < -0.4 is 11.0 Å². The van der Waals surface area contributed by atoms with E-state index in [0.717, 1.165) is 17.9 Å². The van der Waals surface area contributed by atoms with Crippen molar-refractivity contribution in [2.24, 2.45) is 5.92 Å². The van der Waals surface area contributed by atoms with Crippen molar-refractivity contribution < 1.29 is 4.79 Å². The predicted octanol–water partition coefficient (Wildman–Crippen LogP) is 1.42. The summed E-state index contributed by atoms with van der Waals surface area (Å²) in [5.74, 6) is 0.414. The van der Waals surface area contributed by atoms with Gasteiger partial charge in [0, 0.05) is 37.1 Å². The summed E-state index contributed by atoms with van der Waals surface area (Å²) in [5, 5.41) is 2.88. The summed E-state index contributed by atoms with van der Waals surface area (Å²) < 4.78 is 3.57. The van der Waals surface area contributed by atoms with Gasteiger partial charge in [0.05, 0.1) is 18.6 Å². The Morgan fingerprint density at radius 1 is 1.33 bits per heavy atom. The van der Waals surface area contributed by atoms with Gasteiger partial charge in [0.15, 0.2) is 0 Å². The number of amides is 1. The Hall–Kier alpha value is -2.44. The highest BCUT2D eigenvalue weighted by atomic mass is 16.2. The van der Waals surface area contributed by atoms with Gasteiger partial charge in [0.1, 0.15) is 0 Å². The van der Waals surface area contributed by atoms with Gasteiger partial charge in [0.2, 0.25) is 5.91 Å². The molecule has 2 aromatic rings. The standard InChI is InChI=1S/C17H25N5O2/c1-12(2)10-21-11-18-8-15(21)9-19-16(23)5-6-22-14(4)7-13(3)20-17(22)24/h7-8,11-12H,5-6,9-10H2,1-4H3,(H,19,23). The zero-order valence-electron chi connectivity index (χ0n) is 14.7. The van der Waals surface area contributed by atoms with Gasteiger partial charge in [-0.25, -0.2) is 9.78 Å². The fraction of sp³-hybridized carbons (Fsp3) is 0.529. The van der Waals surface area contributed by atoms with Gasteiger partial charge < -0.3 is 9.88 Å². The molecule has 1 N–H and O–H groups in total. The van der Waals surface area contributed by atoms with Crippen molar-refractivity contribution in [1.82, 2.24) is 24.4 Å². The molecule has 0 aliphatic carbocycles. The number of nitrogens with one attached hydrogen (secondary N) is 1. The number of aryl methyl sites for hydroxylation is 2. The number of imidazole rings is 1. The van der Waals surface area contributed by atoms with Crippen LogP contribution in [0.1, 0.15) is 37.4 Å². The molecule has 0 unspecified atom stereocenters. The summed E-state index contributed by atoms with van der Waals surface area (Å²) in [6.07, 6.45) is 3.79. The van der Waals surface area contributed by atoms with Gasteiger partial charge >= 0.3 is 5.69 Å². The van der Waals surface area contributed by atoms with E-state index in [0.29, 0.717) is 24.7 Å². The highest BCUT2D eigenvalue weighted by Crippen LogP contribution is 2.04. The second-order valence-electron chi connectivity index (χ2n) is 6.43. The molecular formula is C17H25N5O2. The molecule has 0 spiro atoms. The zero-order valence-corrected chi connectivity index (χ0v) is 14.7. The molecule has 0 saturated carbocycles. The molecule has 2 aromatic heterocycles. The molecule has 0 saturated heterocycles. The third-order valence-electron chi connectivity index (χ3n) is 3.74. The molecule has 0 atom stereocenters. The normalized spacial score (nSPS) is 11.0. The van der Waals surface area contributed by atoms with Crippen molar-refractivity contribution in [2.45, 2.75) is 53.8 Å². The Bertz CT molecular complexity index is 761. The lowest BCUT2D eigenvalue weighted by atomic mass is 10.2. The van der Waals surface area contributed by atoms with E-state index in [9.17, 15) is 9.59 Å². The summed E-state index contributed by atoms with van der Waals surface area (Å²) >= 11 is 0. The maximum atomic E-state index is 12.1. The van der Waals surface area contributed by atoms with E-state index in [1.54, 1.807) is 19.4 Å². The number of hydrogen-bond acceptors (Lipinski definition) is 4. The van der Waals surface area contributed by atoms with Crippen LogP contribution in [0.2, 0.25) is 0 Å². The van der Waals surface area contributed by atoms with E-state index < -0.39 is 0 Å². The van der Waals surface area contributed by atoms with Crippen molar-refractivity contribution in [3.63, 3.8) is 0 Å². The third kappa shape index (κ3) is 4.78. The Balaban J connectivity index is 1.89. The molecular weight excluding hydrogens is 306 g/mol. The smallest absolute Gasteiger partial charge is 0.347 e. The minimum atomic E-state index is -0.310. The highest BCUT2D eigenvalue weighted by molar-refractivity contribution is 5.75. The van der Waals surface area contributed by atoms with Crippen molar-refractivity contribution in [2.75, 3.05) is 0 Å². The minimum absolute atomic E-state index is 0.0980. The molecule has 0 aromatic carbocycles. The average molecular weight is 331 g/mol. The Morgan fingerprint density at radius 2 is 2.08 bits per heavy atom. The molecule has 0 aliphatic heterocycles. The van der Waals surface area contributed by atoms with E-state index in [-0.39, 0.29) is 18.0 Å². The van der Waals surface area contributed by atoms with Crippen LogP contribution in [0.15, 0.2) is 23.4 Å². The number of aromatic nitrogens is 4. The topological polar surface area (TPSA) is 81.8 Å². The van der Waals surface area contributed by atoms with Gasteiger partial charge in [0.25, 0.3) is 0 Å². The largest absolute Gasteiger partial charge is 0.350 e. The molecule has 24 heavy (non-hydrogen) atoms. The molecule has 0 aliphatic rings. The second kappa shape index (κ2) is 7.90. The van der Waals surface area contributed by atoms with Crippen LogP contribution in [0.25, 0.3) is 0 Å². The molecule has 7 nitrogen and oxygen atoms in total. The quantitative estimate of drug-likeness (QED) is 0.832. The molecule has 2 rings (SSSR count). The number of carbonyl (C=O) groups is 1. The Labute approximate surface area is 141 Å². The number of rotatable bonds is 7. The van der Waals surface area contributed by atoms with Crippen LogP contribution in [0, 0.1) is 19.8 Å². The number of carbonyl (C=O) groups excluding carboxylic acids is 1. The van der Waals surface area contributed by atoms with Crippen LogP contribution in [0.5, 0.6) is 0 Å². The summed E-state index contributed by atoms with van der Waals surface area (Å²) in [4.78, 5) is 32.0. The second-order valence-corrected chi connectivity index (χ2v) is 6.43. The fourth-order valence-electron chi connectivity index (χ4n) is 2.59. The monoisotopic (exact) mass is 331 g/mol. The van der Waals surface area contributed by atoms with E-state index in [1.807, 2.05) is 17.6 Å². The van der Waals surface area contributed by atoms with Crippen molar-refractivity contribution in [1.29, 1.82) is 0 Å². The maximum absolute atomic E-state index is 12.1. The van der Waals surface area contributed by atoms with E-state index in [4.69, 9.17) is 0 Å². The zero-order chi connectivity index (χ0) is 17.7. The molecule has 0 fully saturated rings. The molecule has 7 heteroatoms. The lowest BCUT2D eigenvalue weighted by Gasteiger charge is -2.12. The van der Waals surface area contributed by atoms with Gasteiger partial charge in [-0.3, -0.25) is 9.36 Å². The van der Waals surface area contributed by atoms with E-state index >= 15 is 0 Å². The van der Waals surface area contributed by atoms with Crippen LogP contribution >= 0.6 is 0 Å². The molecule has 2 heterocycles. The summed E-state index contributed by atoms with van der Waals surface area (Å²) in [5.41, 5.74) is 2.17. The summed E-state index contributed by atoms with van der Waals surface area (Å²) in [7, 11) is 0. The van der Waals surface area contributed by atoms with E-state index in [1.165, 1.54) is 4.57 Å². The Morgan fingerprint density at radius 3 is 2.75 bits per heavy atom. The van der Waals surface area contributed by atoms with Crippen LogP contribution in [0.3, 0.4) is 0 Å². The van der Waals surface area contributed by atoms with Crippen LogP contribution in [-0.4, -0.2) is 25.0 Å². The lowest BCUT2D eigenvalue weighted by molar-refractivity contribution is -0.121. The molecule has 1 amide bonds. The van der Waals surface area contributed by atoms with Gasteiger partial charge in [-0.2, -0.15) is 4.98 Å². The SMILES string of the molecule is Cc1cc(C)n(CCC(=O)NCc2cncn2CC(C)C)c(=O)n1. The van der Waals surface area contributed by atoms with Crippen LogP contribution in [0.4, 0.5) is 0 Å². The first kappa shape index (κ1) is 17.9. The summed E-state index contributed by atoms with van der Waals surface area (Å²) in [6, 6.07) is 1.84. The first-order chi connectivity index (χ1) is 11.4. The van der Waals surface area contributed by atoms with Crippen LogP contribution in [-0.2, 0) is 24.4 Å². The summed E-state index contributed by atoms with van der Waals surface area (Å²) in [6.45, 7) is 9.54. The maximum Gasteiger partial charge on any atom is 0.347 e. The van der Waals surface area contributed by atoms with Gasteiger partial charge in [-0.15, -0.1) is 0 Å². The molecule has 130 valence electrons. The highest BCUT2D eigenvalue weighted by Gasteiger charge is 2.09. The number of nitrogens with zero attached hydrogens (tertiary/aromatic N) is 4. The van der Waals surface area contributed by atoms with Gasteiger partial charge in [-0.05, 0) is 25.8 Å². The first-order valence-electron chi connectivity index (χ1n) is 8.17. The molecule has 0 bridgehead atoms. The van der Waals surface area contributed by atoms with Gasteiger partial charge in [-0.1, -0.05) is 13.8 Å². The third-order valence-corrected chi connectivity index (χ3v) is 3.74. The van der Waals surface area contributed by atoms with Crippen molar-refractivity contribution in [3.05, 3.63) is 46.2 Å². The molecule has 0 radical (unpaired) electrons. The predicted molar refractivity (Wildman–Crippen MR) is 91.5 cm³/mol. The minimum Gasteiger partial charge on any atom is -0.350 e. The fourth-order valence-corrected chi connectivity index (χ4v) is 2.59. The first-order valence-corrected chi connectivity index (χ1v) is 8.17. The number of hydrogen-bond donors (Lipinski definition) is 1. The van der Waals surface area contributed by atoms with E-state index in [2.05, 4.69) is 29.1 Å². The Kier molecular flexibility index (Phi) is 5.89. The lowest BCUT2D eigenvalue weighted by Crippen LogP contribution is -2.30. The van der Waals surface area contributed by atoms with Crippen molar-refractivity contribution in [3.8, 4) is 0 Å². The average Bonchev–Trinajstić information content (AvgIpc) is 2.90.